The largest absolute Gasteiger partial charge is 0.494 e. The van der Waals surface area contributed by atoms with Crippen molar-refractivity contribution in [3.63, 3.8) is 0 Å². The molecule has 0 aliphatic heterocycles. The van der Waals surface area contributed by atoms with E-state index in [1.807, 2.05) is 0 Å². The maximum atomic E-state index is 12.9. The molecule has 0 radical (unpaired) electrons. The zero-order valence-electron chi connectivity index (χ0n) is 7.33. The third-order valence-corrected chi connectivity index (χ3v) is 2.16. The molecule has 0 fully saturated rings. The predicted octanol–water partition coefficient (Wildman–Crippen LogP) is 2.47. The molecule has 13 heavy (non-hydrogen) atoms. The molecular formula is C9H9FO2S. The summed E-state index contributed by atoms with van der Waals surface area (Å²) >= 11 is 1.05. The van der Waals surface area contributed by atoms with Crippen LogP contribution in [0.1, 0.15) is 6.92 Å². The van der Waals surface area contributed by atoms with E-state index >= 15 is 0 Å². The van der Waals surface area contributed by atoms with Crippen LogP contribution < -0.4 is 4.74 Å². The Balaban J connectivity index is 2.92. The number of methoxy groups -OCH3 is 1. The van der Waals surface area contributed by atoms with Crippen LogP contribution in [-0.2, 0) is 4.79 Å². The monoisotopic (exact) mass is 200 g/mol. The molecule has 0 saturated heterocycles. The summed E-state index contributed by atoms with van der Waals surface area (Å²) < 4.78 is 17.7. The Morgan fingerprint density at radius 2 is 2.23 bits per heavy atom. The molecule has 70 valence electrons. The van der Waals surface area contributed by atoms with Crippen LogP contribution in [0.25, 0.3) is 0 Å². The van der Waals surface area contributed by atoms with Crippen molar-refractivity contribution in [3.05, 3.63) is 24.0 Å². The summed E-state index contributed by atoms with van der Waals surface area (Å²) in [7, 11) is 1.39. The maximum absolute atomic E-state index is 12.9. The zero-order chi connectivity index (χ0) is 9.84. The Labute approximate surface area is 80.1 Å². The summed E-state index contributed by atoms with van der Waals surface area (Å²) in [5.74, 6) is -0.262. The van der Waals surface area contributed by atoms with Crippen molar-refractivity contribution in [2.45, 2.75) is 11.8 Å². The molecule has 4 heteroatoms. The van der Waals surface area contributed by atoms with Crippen molar-refractivity contribution in [1.82, 2.24) is 0 Å². The highest BCUT2D eigenvalue weighted by Gasteiger charge is 2.05. The minimum atomic E-state index is -0.421. The van der Waals surface area contributed by atoms with E-state index in [-0.39, 0.29) is 10.9 Å². The minimum Gasteiger partial charge on any atom is -0.494 e. The summed E-state index contributed by atoms with van der Waals surface area (Å²) in [5.41, 5.74) is 0. The molecule has 0 spiro atoms. The van der Waals surface area contributed by atoms with E-state index in [1.54, 1.807) is 6.07 Å². The van der Waals surface area contributed by atoms with Crippen LogP contribution in [0.5, 0.6) is 5.75 Å². The number of carbonyl (C=O) groups excluding carboxylic acids is 1. The van der Waals surface area contributed by atoms with Gasteiger partial charge in [-0.1, -0.05) is 11.8 Å². The first-order valence-corrected chi connectivity index (χ1v) is 4.47. The van der Waals surface area contributed by atoms with Gasteiger partial charge in [0.2, 0.25) is 0 Å². The van der Waals surface area contributed by atoms with Crippen molar-refractivity contribution in [1.29, 1.82) is 0 Å². The number of halogens is 1. The van der Waals surface area contributed by atoms with Gasteiger partial charge in [0.25, 0.3) is 0 Å². The molecule has 1 aromatic rings. The Bertz CT molecular complexity index is 325. The number of benzene rings is 1. The van der Waals surface area contributed by atoms with Gasteiger partial charge in [-0.2, -0.15) is 0 Å². The molecule has 0 aliphatic carbocycles. The van der Waals surface area contributed by atoms with E-state index in [9.17, 15) is 9.18 Å². The summed E-state index contributed by atoms with van der Waals surface area (Å²) in [5, 5.41) is -0.0336. The first-order chi connectivity index (χ1) is 6.13. The molecular weight excluding hydrogens is 191 g/mol. The van der Waals surface area contributed by atoms with Gasteiger partial charge in [-0.25, -0.2) is 4.39 Å². The highest BCUT2D eigenvalue weighted by atomic mass is 32.2. The lowest BCUT2D eigenvalue weighted by Crippen LogP contribution is -1.89. The molecule has 1 aromatic carbocycles. The fourth-order valence-electron chi connectivity index (χ4n) is 0.870. The third-order valence-electron chi connectivity index (χ3n) is 1.38. The second-order valence-electron chi connectivity index (χ2n) is 2.39. The average Bonchev–Trinajstić information content (AvgIpc) is 2.07. The predicted molar refractivity (Wildman–Crippen MR) is 49.5 cm³/mol. The van der Waals surface area contributed by atoms with E-state index in [0.29, 0.717) is 4.90 Å². The van der Waals surface area contributed by atoms with Gasteiger partial charge in [-0.3, -0.25) is 4.79 Å². The zero-order valence-corrected chi connectivity index (χ0v) is 8.15. The summed E-state index contributed by atoms with van der Waals surface area (Å²) in [6.07, 6.45) is 0. The van der Waals surface area contributed by atoms with Crippen LogP contribution in [0.4, 0.5) is 4.39 Å². The topological polar surface area (TPSA) is 26.3 Å². The first-order valence-electron chi connectivity index (χ1n) is 3.65. The molecule has 1 rings (SSSR count). The number of rotatable bonds is 2. The Kier molecular flexibility index (Phi) is 3.31. The molecule has 2 nitrogen and oxygen atoms in total. The van der Waals surface area contributed by atoms with E-state index in [0.717, 1.165) is 11.8 Å². The van der Waals surface area contributed by atoms with Crippen LogP contribution in [0.3, 0.4) is 0 Å². The average molecular weight is 200 g/mol. The van der Waals surface area contributed by atoms with Crippen LogP contribution in [0.2, 0.25) is 0 Å². The van der Waals surface area contributed by atoms with E-state index < -0.39 is 5.82 Å². The van der Waals surface area contributed by atoms with Gasteiger partial charge in [0.1, 0.15) is 0 Å². The highest BCUT2D eigenvalue weighted by Crippen LogP contribution is 2.25. The molecule has 0 aromatic heterocycles. The number of ether oxygens (including phenoxy) is 1. The van der Waals surface area contributed by atoms with E-state index in [1.165, 1.54) is 26.2 Å². The summed E-state index contributed by atoms with van der Waals surface area (Å²) in [4.78, 5) is 11.4. The smallest absolute Gasteiger partial charge is 0.190 e. The first kappa shape index (κ1) is 10.1. The number of hydrogen-bond acceptors (Lipinski definition) is 3. The Morgan fingerprint density at radius 1 is 1.54 bits per heavy atom. The highest BCUT2D eigenvalue weighted by molar-refractivity contribution is 8.13. The minimum absolute atomic E-state index is 0.0336. The molecule has 0 heterocycles. The number of thioether (sulfide) groups is 1. The quantitative estimate of drug-likeness (QED) is 0.686. The van der Waals surface area contributed by atoms with E-state index in [4.69, 9.17) is 4.74 Å². The second kappa shape index (κ2) is 4.28. The fraction of sp³-hybridized carbons (Fsp3) is 0.222. The summed E-state index contributed by atoms with van der Waals surface area (Å²) in [6, 6.07) is 4.33. The normalized spacial score (nSPS) is 9.77. The second-order valence-corrected chi connectivity index (χ2v) is 3.64. The van der Waals surface area contributed by atoms with Gasteiger partial charge in [0.15, 0.2) is 16.7 Å². The van der Waals surface area contributed by atoms with Gasteiger partial charge >= 0.3 is 0 Å². The molecule has 0 N–H and O–H groups in total. The standard InChI is InChI=1S/C9H9FO2S/c1-6(11)13-7-3-4-8(10)9(5-7)12-2/h3-5H,1-2H3. The molecule has 0 aliphatic rings. The maximum Gasteiger partial charge on any atom is 0.190 e. The molecule has 0 bridgehead atoms. The SMILES string of the molecule is COc1cc(SC(C)=O)ccc1F. The molecule has 0 amide bonds. The van der Waals surface area contributed by atoms with Crippen LogP contribution >= 0.6 is 11.8 Å². The Morgan fingerprint density at radius 3 is 2.77 bits per heavy atom. The van der Waals surface area contributed by atoms with Crippen LogP contribution in [0.15, 0.2) is 23.1 Å². The van der Waals surface area contributed by atoms with E-state index in [2.05, 4.69) is 0 Å². The molecule has 0 saturated carbocycles. The fourth-order valence-corrected chi connectivity index (χ4v) is 1.50. The number of carbonyl (C=O) groups is 1. The van der Waals surface area contributed by atoms with Gasteiger partial charge in [-0.15, -0.1) is 0 Å². The van der Waals surface area contributed by atoms with Crippen molar-refractivity contribution in [2.75, 3.05) is 7.11 Å². The summed E-state index contributed by atoms with van der Waals surface area (Å²) in [6.45, 7) is 1.46. The lowest BCUT2D eigenvalue weighted by atomic mass is 10.3. The van der Waals surface area contributed by atoms with Crippen molar-refractivity contribution < 1.29 is 13.9 Å². The van der Waals surface area contributed by atoms with Crippen LogP contribution in [-0.4, -0.2) is 12.2 Å². The Hall–Kier alpha value is -1.03. The van der Waals surface area contributed by atoms with Gasteiger partial charge < -0.3 is 4.74 Å². The lowest BCUT2D eigenvalue weighted by Gasteiger charge is -2.03. The molecule has 0 atom stereocenters. The van der Waals surface area contributed by atoms with Crippen molar-refractivity contribution >= 4 is 16.9 Å². The van der Waals surface area contributed by atoms with Crippen LogP contribution in [0, 0.1) is 5.82 Å². The van der Waals surface area contributed by atoms with Crippen molar-refractivity contribution in [3.8, 4) is 5.75 Å². The molecule has 0 unspecified atom stereocenters. The van der Waals surface area contributed by atoms with Crippen molar-refractivity contribution in [2.24, 2.45) is 0 Å². The number of hydrogen-bond donors (Lipinski definition) is 0. The van der Waals surface area contributed by atoms with Gasteiger partial charge in [-0.05, 0) is 18.2 Å². The van der Waals surface area contributed by atoms with Gasteiger partial charge in [0, 0.05) is 11.8 Å². The van der Waals surface area contributed by atoms with Gasteiger partial charge in [0.05, 0.1) is 7.11 Å². The third kappa shape index (κ3) is 2.73. The lowest BCUT2D eigenvalue weighted by molar-refractivity contribution is -0.109.